The maximum Gasteiger partial charge on any atom is 0.136 e. The molecule has 4 nitrogen and oxygen atoms in total. The van der Waals surface area contributed by atoms with E-state index in [-0.39, 0.29) is 5.54 Å². The summed E-state index contributed by atoms with van der Waals surface area (Å²) in [5.41, 5.74) is 7.47. The molecule has 0 aliphatic carbocycles. The fourth-order valence-electron chi connectivity index (χ4n) is 1.35. The van der Waals surface area contributed by atoms with Gasteiger partial charge < -0.3 is 16.0 Å². The number of aryl methyl sites for hydroxylation is 1. The highest BCUT2D eigenvalue weighted by atomic mass is 32.1. The van der Waals surface area contributed by atoms with Crippen LogP contribution in [0.15, 0.2) is 12.1 Å². The lowest BCUT2D eigenvalue weighted by Gasteiger charge is -2.33. The monoisotopic (exact) mass is 266 g/mol. The van der Waals surface area contributed by atoms with Crippen LogP contribution in [0.1, 0.15) is 25.1 Å². The molecule has 0 radical (unpaired) electrons. The van der Waals surface area contributed by atoms with Crippen molar-refractivity contribution < 1.29 is 0 Å². The fraction of sp³-hybridized carbons (Fsp3) is 0.538. The number of anilines is 1. The molecule has 0 aromatic carbocycles. The number of aromatic nitrogens is 1. The van der Waals surface area contributed by atoms with Gasteiger partial charge in [-0.25, -0.2) is 4.98 Å². The van der Waals surface area contributed by atoms with E-state index in [1.807, 2.05) is 19.1 Å². The topological polar surface area (TPSA) is 54.2 Å². The molecule has 1 aromatic heterocycles. The molecule has 1 aromatic rings. The molecule has 1 rings (SSSR count). The highest BCUT2D eigenvalue weighted by molar-refractivity contribution is 7.80. The zero-order valence-electron chi connectivity index (χ0n) is 11.7. The number of hydrogen-bond acceptors (Lipinski definition) is 4. The van der Waals surface area contributed by atoms with Gasteiger partial charge in [0.05, 0.1) is 5.56 Å². The van der Waals surface area contributed by atoms with Gasteiger partial charge in [0.1, 0.15) is 10.8 Å². The summed E-state index contributed by atoms with van der Waals surface area (Å²) in [7, 11) is 4.11. The third kappa shape index (κ3) is 3.65. The van der Waals surface area contributed by atoms with Crippen molar-refractivity contribution in [1.82, 2.24) is 9.88 Å². The van der Waals surface area contributed by atoms with Crippen molar-refractivity contribution in [1.29, 1.82) is 0 Å². The van der Waals surface area contributed by atoms with Crippen LogP contribution in [0.25, 0.3) is 0 Å². The number of rotatable bonds is 5. The molecule has 0 saturated heterocycles. The van der Waals surface area contributed by atoms with Crippen LogP contribution in [0.5, 0.6) is 0 Å². The molecule has 1 heterocycles. The molecule has 0 fully saturated rings. The first kappa shape index (κ1) is 14.9. The number of nitrogens with one attached hydrogen (secondary N) is 1. The number of nitrogens with two attached hydrogens (primary N) is 1. The van der Waals surface area contributed by atoms with Crippen molar-refractivity contribution in [2.75, 3.05) is 26.0 Å². The summed E-state index contributed by atoms with van der Waals surface area (Å²) in [4.78, 5) is 6.99. The Kier molecular flexibility index (Phi) is 4.65. The average molecular weight is 266 g/mol. The van der Waals surface area contributed by atoms with Gasteiger partial charge in [0.25, 0.3) is 0 Å². The Morgan fingerprint density at radius 3 is 2.56 bits per heavy atom. The lowest BCUT2D eigenvalue weighted by Crippen LogP contribution is -2.44. The molecular weight excluding hydrogens is 244 g/mol. The Hall–Kier alpha value is -1.20. The van der Waals surface area contributed by atoms with E-state index in [1.165, 1.54) is 0 Å². The van der Waals surface area contributed by atoms with Crippen LogP contribution >= 0.6 is 12.2 Å². The van der Waals surface area contributed by atoms with Gasteiger partial charge in [0.15, 0.2) is 0 Å². The van der Waals surface area contributed by atoms with E-state index < -0.39 is 0 Å². The fourth-order valence-corrected chi connectivity index (χ4v) is 1.51. The Morgan fingerprint density at radius 1 is 1.44 bits per heavy atom. The molecule has 0 aliphatic rings. The van der Waals surface area contributed by atoms with Crippen molar-refractivity contribution in [3.63, 3.8) is 0 Å². The summed E-state index contributed by atoms with van der Waals surface area (Å²) < 4.78 is 0. The second kappa shape index (κ2) is 5.63. The normalized spacial score (nSPS) is 11.7. The van der Waals surface area contributed by atoms with Gasteiger partial charge in [-0.2, -0.15) is 0 Å². The summed E-state index contributed by atoms with van der Waals surface area (Å²) >= 11 is 5.04. The highest BCUT2D eigenvalue weighted by Crippen LogP contribution is 2.16. The van der Waals surface area contributed by atoms with Crippen molar-refractivity contribution in [3.8, 4) is 0 Å². The van der Waals surface area contributed by atoms with E-state index in [4.69, 9.17) is 18.0 Å². The van der Waals surface area contributed by atoms with Crippen LogP contribution in [0.4, 0.5) is 5.82 Å². The van der Waals surface area contributed by atoms with Gasteiger partial charge in [-0.1, -0.05) is 12.2 Å². The predicted octanol–water partition coefficient (Wildman–Crippen LogP) is 1.78. The Bertz CT molecular complexity index is 441. The van der Waals surface area contributed by atoms with Gasteiger partial charge in [-0.05, 0) is 47.0 Å². The summed E-state index contributed by atoms with van der Waals surface area (Å²) in [5, 5.41) is 3.34. The Morgan fingerprint density at radius 2 is 2.06 bits per heavy atom. The highest BCUT2D eigenvalue weighted by Gasteiger charge is 2.20. The molecule has 18 heavy (non-hydrogen) atoms. The minimum atomic E-state index is 0.0267. The molecular formula is C13H22N4S. The van der Waals surface area contributed by atoms with E-state index in [2.05, 4.69) is 43.1 Å². The molecule has 0 aliphatic heterocycles. The van der Waals surface area contributed by atoms with Gasteiger partial charge in [0, 0.05) is 17.8 Å². The Balaban J connectivity index is 2.90. The third-order valence-corrected chi connectivity index (χ3v) is 3.42. The van der Waals surface area contributed by atoms with Gasteiger partial charge in [0.2, 0.25) is 0 Å². The third-order valence-electron chi connectivity index (χ3n) is 3.20. The van der Waals surface area contributed by atoms with Gasteiger partial charge in [-0.3, -0.25) is 0 Å². The minimum Gasteiger partial charge on any atom is -0.389 e. The van der Waals surface area contributed by atoms with Crippen LogP contribution in [0, 0.1) is 6.92 Å². The zero-order valence-corrected chi connectivity index (χ0v) is 12.6. The van der Waals surface area contributed by atoms with Crippen LogP contribution < -0.4 is 11.1 Å². The smallest absolute Gasteiger partial charge is 0.136 e. The number of likely N-dealkylation sites (N-methyl/N-ethyl adjacent to an activating group) is 1. The maximum atomic E-state index is 5.70. The van der Waals surface area contributed by atoms with E-state index in [0.717, 1.165) is 23.6 Å². The first-order valence-electron chi connectivity index (χ1n) is 5.93. The molecule has 0 unspecified atom stereocenters. The van der Waals surface area contributed by atoms with Crippen LogP contribution in [-0.2, 0) is 0 Å². The standard InChI is InChI=1S/C13H22N4S/c1-9-6-7-10(11(14)18)12(16-9)15-8-13(2,3)17(4)5/h6-7H,8H2,1-5H3,(H2,14,18)(H,15,16). The van der Waals surface area contributed by atoms with E-state index in [0.29, 0.717) is 4.99 Å². The molecule has 100 valence electrons. The van der Waals surface area contributed by atoms with E-state index in [1.54, 1.807) is 0 Å². The minimum absolute atomic E-state index is 0.0267. The zero-order chi connectivity index (χ0) is 13.9. The molecule has 0 amide bonds. The summed E-state index contributed by atoms with van der Waals surface area (Å²) in [6.45, 7) is 7.05. The number of hydrogen-bond donors (Lipinski definition) is 2. The molecule has 0 atom stereocenters. The van der Waals surface area contributed by atoms with Crippen LogP contribution in [0.3, 0.4) is 0 Å². The van der Waals surface area contributed by atoms with Crippen molar-refractivity contribution in [2.45, 2.75) is 26.3 Å². The van der Waals surface area contributed by atoms with Crippen molar-refractivity contribution in [2.24, 2.45) is 5.73 Å². The Labute approximate surface area is 115 Å². The van der Waals surface area contributed by atoms with Crippen molar-refractivity contribution in [3.05, 3.63) is 23.4 Å². The maximum absolute atomic E-state index is 5.70. The first-order chi connectivity index (χ1) is 8.24. The number of nitrogens with zero attached hydrogens (tertiary/aromatic N) is 2. The molecule has 3 N–H and O–H groups in total. The predicted molar refractivity (Wildman–Crippen MR) is 81.1 cm³/mol. The second-order valence-corrected chi connectivity index (χ2v) is 5.71. The summed E-state index contributed by atoms with van der Waals surface area (Å²) in [5.74, 6) is 0.762. The van der Waals surface area contributed by atoms with E-state index >= 15 is 0 Å². The SMILES string of the molecule is Cc1ccc(C(N)=S)c(NCC(C)(C)N(C)C)n1. The van der Waals surface area contributed by atoms with Gasteiger partial charge in [-0.15, -0.1) is 0 Å². The second-order valence-electron chi connectivity index (χ2n) is 5.27. The molecule has 5 heteroatoms. The first-order valence-corrected chi connectivity index (χ1v) is 6.33. The van der Waals surface area contributed by atoms with Crippen LogP contribution in [-0.4, -0.2) is 41.1 Å². The van der Waals surface area contributed by atoms with Crippen LogP contribution in [0.2, 0.25) is 0 Å². The lowest BCUT2D eigenvalue weighted by atomic mass is 10.0. The molecule has 0 spiro atoms. The molecule has 0 bridgehead atoms. The van der Waals surface area contributed by atoms with E-state index in [9.17, 15) is 0 Å². The summed E-state index contributed by atoms with van der Waals surface area (Å²) in [6.07, 6.45) is 0. The van der Waals surface area contributed by atoms with Crippen molar-refractivity contribution >= 4 is 23.0 Å². The summed E-state index contributed by atoms with van der Waals surface area (Å²) in [6, 6.07) is 3.83. The number of pyridine rings is 1. The quantitative estimate of drug-likeness (QED) is 0.796. The molecule has 0 saturated carbocycles. The average Bonchev–Trinajstić information content (AvgIpc) is 2.26. The number of thiocarbonyl (C=S) groups is 1. The lowest BCUT2D eigenvalue weighted by molar-refractivity contribution is 0.210. The largest absolute Gasteiger partial charge is 0.389 e. The van der Waals surface area contributed by atoms with Gasteiger partial charge >= 0.3 is 0 Å².